The molecule has 0 aliphatic rings. The maximum atomic E-state index is 5.59. The number of thiophene rings is 1. The van der Waals surface area contributed by atoms with Crippen LogP contribution in [0.5, 0.6) is 0 Å². The zero-order valence-electron chi connectivity index (χ0n) is 8.73. The van der Waals surface area contributed by atoms with Crippen molar-refractivity contribution < 1.29 is 4.42 Å². The molecular formula is C10H13N3OS. The highest BCUT2D eigenvalue weighted by molar-refractivity contribution is 7.08. The Labute approximate surface area is 92.3 Å². The molecule has 0 saturated carbocycles. The number of nitrogens with one attached hydrogen (secondary N) is 1. The van der Waals surface area contributed by atoms with E-state index < -0.39 is 0 Å². The van der Waals surface area contributed by atoms with E-state index in [1.165, 1.54) is 0 Å². The molecule has 0 radical (unpaired) electrons. The van der Waals surface area contributed by atoms with Crippen molar-refractivity contribution in [3.8, 4) is 11.5 Å². The van der Waals surface area contributed by atoms with Crippen molar-refractivity contribution in [2.24, 2.45) is 0 Å². The molecule has 0 spiro atoms. The minimum atomic E-state index is 0.143. The highest BCUT2D eigenvalue weighted by Crippen LogP contribution is 2.23. The fourth-order valence-electron chi connectivity index (χ4n) is 1.38. The Bertz CT molecular complexity index is 406. The molecule has 2 heterocycles. The van der Waals surface area contributed by atoms with Crippen LogP contribution in [0.25, 0.3) is 11.5 Å². The first-order chi connectivity index (χ1) is 7.35. The van der Waals surface area contributed by atoms with Crippen LogP contribution in [0.2, 0.25) is 0 Å². The molecule has 1 unspecified atom stereocenters. The Balaban J connectivity index is 2.24. The van der Waals surface area contributed by atoms with Crippen LogP contribution in [0.15, 0.2) is 21.2 Å². The van der Waals surface area contributed by atoms with Gasteiger partial charge in [0.1, 0.15) is 0 Å². The van der Waals surface area contributed by atoms with E-state index in [1.54, 1.807) is 11.3 Å². The average molecular weight is 223 g/mol. The van der Waals surface area contributed by atoms with Gasteiger partial charge in [-0.2, -0.15) is 11.3 Å². The SMILES string of the molecule is CCC(NC)c1nnc(-c2ccsc2)o1. The van der Waals surface area contributed by atoms with Crippen LogP contribution in [-0.2, 0) is 0 Å². The van der Waals surface area contributed by atoms with Crippen LogP contribution in [0.4, 0.5) is 0 Å². The Hall–Kier alpha value is -1.20. The summed E-state index contributed by atoms with van der Waals surface area (Å²) in [5.74, 6) is 1.25. The lowest BCUT2D eigenvalue weighted by atomic mass is 10.2. The third-order valence-corrected chi connectivity index (χ3v) is 2.95. The number of hydrogen-bond acceptors (Lipinski definition) is 5. The van der Waals surface area contributed by atoms with Crippen LogP contribution in [-0.4, -0.2) is 17.2 Å². The fraction of sp³-hybridized carbons (Fsp3) is 0.400. The summed E-state index contributed by atoms with van der Waals surface area (Å²) in [5, 5.41) is 15.2. The monoisotopic (exact) mass is 223 g/mol. The van der Waals surface area contributed by atoms with E-state index in [-0.39, 0.29) is 6.04 Å². The summed E-state index contributed by atoms with van der Waals surface area (Å²) in [6, 6.07) is 2.12. The summed E-state index contributed by atoms with van der Waals surface area (Å²) < 4.78 is 5.59. The Morgan fingerprint density at radius 2 is 2.40 bits per heavy atom. The Kier molecular flexibility index (Phi) is 3.13. The standard InChI is InChI=1S/C10H13N3OS/c1-3-8(11-2)10-13-12-9(14-10)7-4-5-15-6-7/h4-6,8,11H,3H2,1-2H3. The number of rotatable bonds is 4. The molecule has 0 aromatic carbocycles. The third kappa shape index (κ3) is 2.08. The molecule has 0 saturated heterocycles. The van der Waals surface area contributed by atoms with Gasteiger partial charge in [-0.05, 0) is 24.9 Å². The highest BCUT2D eigenvalue weighted by atomic mass is 32.1. The normalized spacial score (nSPS) is 12.9. The minimum Gasteiger partial charge on any atom is -0.419 e. The van der Waals surface area contributed by atoms with Crippen molar-refractivity contribution in [1.82, 2.24) is 15.5 Å². The molecule has 5 heteroatoms. The lowest BCUT2D eigenvalue weighted by Gasteiger charge is -2.06. The molecule has 4 nitrogen and oxygen atoms in total. The topological polar surface area (TPSA) is 51.0 Å². The van der Waals surface area contributed by atoms with Crippen LogP contribution in [0.1, 0.15) is 25.3 Å². The summed E-state index contributed by atoms with van der Waals surface area (Å²) in [5.41, 5.74) is 0.990. The van der Waals surface area contributed by atoms with E-state index in [4.69, 9.17) is 4.42 Å². The first kappa shape index (κ1) is 10.3. The second-order valence-corrected chi connectivity index (χ2v) is 3.99. The fourth-order valence-corrected chi connectivity index (χ4v) is 2.01. The summed E-state index contributed by atoms with van der Waals surface area (Å²) >= 11 is 1.62. The van der Waals surface area contributed by atoms with E-state index in [2.05, 4.69) is 22.4 Å². The van der Waals surface area contributed by atoms with Gasteiger partial charge in [-0.1, -0.05) is 6.92 Å². The molecular weight excluding hydrogens is 210 g/mol. The number of hydrogen-bond donors (Lipinski definition) is 1. The van der Waals surface area contributed by atoms with Crippen molar-refractivity contribution in [2.75, 3.05) is 7.05 Å². The van der Waals surface area contributed by atoms with E-state index in [0.29, 0.717) is 11.8 Å². The van der Waals surface area contributed by atoms with Gasteiger partial charge in [0, 0.05) is 10.9 Å². The van der Waals surface area contributed by atoms with Crippen LogP contribution < -0.4 is 5.32 Å². The van der Waals surface area contributed by atoms with Crippen molar-refractivity contribution in [3.63, 3.8) is 0 Å². The molecule has 2 rings (SSSR count). The van der Waals surface area contributed by atoms with E-state index in [1.807, 2.05) is 23.9 Å². The summed E-state index contributed by atoms with van der Waals surface area (Å²) in [6.07, 6.45) is 0.932. The van der Waals surface area contributed by atoms with Gasteiger partial charge < -0.3 is 9.73 Å². The van der Waals surface area contributed by atoms with Gasteiger partial charge in [0.05, 0.1) is 6.04 Å². The first-order valence-electron chi connectivity index (χ1n) is 4.88. The minimum absolute atomic E-state index is 0.143. The summed E-state index contributed by atoms with van der Waals surface area (Å²) in [7, 11) is 1.89. The number of aromatic nitrogens is 2. The van der Waals surface area contributed by atoms with E-state index >= 15 is 0 Å². The molecule has 0 amide bonds. The molecule has 15 heavy (non-hydrogen) atoms. The zero-order chi connectivity index (χ0) is 10.7. The lowest BCUT2D eigenvalue weighted by Crippen LogP contribution is -2.15. The summed E-state index contributed by atoms with van der Waals surface area (Å²) in [4.78, 5) is 0. The maximum Gasteiger partial charge on any atom is 0.248 e. The van der Waals surface area contributed by atoms with Crippen molar-refractivity contribution in [1.29, 1.82) is 0 Å². The van der Waals surface area contributed by atoms with Gasteiger partial charge in [0.25, 0.3) is 0 Å². The number of nitrogens with zero attached hydrogens (tertiary/aromatic N) is 2. The van der Waals surface area contributed by atoms with Gasteiger partial charge in [0.2, 0.25) is 11.8 Å². The molecule has 0 fully saturated rings. The highest BCUT2D eigenvalue weighted by Gasteiger charge is 2.15. The molecule has 0 aliphatic carbocycles. The second-order valence-electron chi connectivity index (χ2n) is 3.21. The Morgan fingerprint density at radius 3 is 3.00 bits per heavy atom. The largest absolute Gasteiger partial charge is 0.419 e. The van der Waals surface area contributed by atoms with E-state index in [9.17, 15) is 0 Å². The van der Waals surface area contributed by atoms with Crippen LogP contribution >= 0.6 is 11.3 Å². The predicted octanol–water partition coefficient (Wildman–Crippen LogP) is 2.47. The molecule has 1 atom stereocenters. The molecule has 1 N–H and O–H groups in total. The van der Waals surface area contributed by atoms with Gasteiger partial charge in [0.15, 0.2) is 0 Å². The van der Waals surface area contributed by atoms with Gasteiger partial charge in [-0.25, -0.2) is 0 Å². The quantitative estimate of drug-likeness (QED) is 0.865. The average Bonchev–Trinajstić information content (AvgIpc) is 2.89. The Morgan fingerprint density at radius 1 is 1.53 bits per heavy atom. The maximum absolute atomic E-state index is 5.59. The van der Waals surface area contributed by atoms with Gasteiger partial charge in [-0.3, -0.25) is 0 Å². The molecule has 2 aromatic heterocycles. The smallest absolute Gasteiger partial charge is 0.248 e. The second kappa shape index (κ2) is 4.55. The molecule has 80 valence electrons. The van der Waals surface area contributed by atoms with Gasteiger partial charge in [-0.15, -0.1) is 10.2 Å². The van der Waals surface area contributed by atoms with Crippen molar-refractivity contribution in [3.05, 3.63) is 22.7 Å². The molecule has 0 bridgehead atoms. The van der Waals surface area contributed by atoms with Crippen molar-refractivity contribution in [2.45, 2.75) is 19.4 Å². The first-order valence-corrected chi connectivity index (χ1v) is 5.82. The predicted molar refractivity (Wildman–Crippen MR) is 59.7 cm³/mol. The third-order valence-electron chi connectivity index (χ3n) is 2.26. The van der Waals surface area contributed by atoms with Crippen LogP contribution in [0.3, 0.4) is 0 Å². The van der Waals surface area contributed by atoms with Gasteiger partial charge >= 0.3 is 0 Å². The van der Waals surface area contributed by atoms with Crippen LogP contribution in [0, 0.1) is 0 Å². The summed E-state index contributed by atoms with van der Waals surface area (Å²) in [6.45, 7) is 2.08. The van der Waals surface area contributed by atoms with E-state index in [0.717, 1.165) is 12.0 Å². The zero-order valence-corrected chi connectivity index (χ0v) is 9.54. The van der Waals surface area contributed by atoms with Crippen molar-refractivity contribution >= 4 is 11.3 Å². The lowest BCUT2D eigenvalue weighted by molar-refractivity contribution is 0.415. The molecule has 2 aromatic rings. The molecule has 0 aliphatic heterocycles.